The SMILES string of the molecule is Cc1nc(C(=O)NCC2CNCC2O)nn1-c1c(Cl)cccc1Cl.Cl. The number of aliphatic hydroxyl groups is 1. The Morgan fingerprint density at radius 1 is 1.40 bits per heavy atom. The Labute approximate surface area is 161 Å². The molecule has 25 heavy (non-hydrogen) atoms. The zero-order valence-corrected chi connectivity index (χ0v) is 15.7. The highest BCUT2D eigenvalue weighted by atomic mass is 35.5. The monoisotopic (exact) mass is 405 g/mol. The number of halogens is 3. The molecule has 2 unspecified atom stereocenters. The molecule has 0 saturated carbocycles. The van der Waals surface area contributed by atoms with E-state index in [1.165, 1.54) is 4.68 Å². The van der Waals surface area contributed by atoms with Crippen LogP contribution < -0.4 is 10.6 Å². The molecular weight excluding hydrogens is 389 g/mol. The second kappa shape index (κ2) is 8.33. The number of hydrogen-bond acceptors (Lipinski definition) is 5. The van der Waals surface area contributed by atoms with Gasteiger partial charge in [-0.05, 0) is 19.1 Å². The van der Waals surface area contributed by atoms with E-state index in [1.807, 2.05) is 0 Å². The van der Waals surface area contributed by atoms with Crippen LogP contribution in [0, 0.1) is 12.8 Å². The first-order chi connectivity index (χ1) is 11.5. The van der Waals surface area contributed by atoms with Crippen molar-refractivity contribution in [2.24, 2.45) is 5.92 Å². The Morgan fingerprint density at radius 3 is 2.68 bits per heavy atom. The zero-order valence-electron chi connectivity index (χ0n) is 13.4. The Bertz CT molecular complexity index is 747. The molecule has 3 N–H and O–H groups in total. The van der Waals surface area contributed by atoms with Gasteiger partial charge in [0, 0.05) is 25.6 Å². The molecule has 1 aliphatic heterocycles. The normalized spacial score (nSPS) is 19.5. The van der Waals surface area contributed by atoms with Crippen molar-refractivity contribution in [2.45, 2.75) is 13.0 Å². The third kappa shape index (κ3) is 4.24. The molecule has 1 aliphatic rings. The molecule has 2 heterocycles. The lowest BCUT2D eigenvalue weighted by Gasteiger charge is -2.13. The maximum Gasteiger partial charge on any atom is 0.290 e. The van der Waals surface area contributed by atoms with Crippen LogP contribution in [0.25, 0.3) is 5.69 Å². The molecule has 1 saturated heterocycles. The summed E-state index contributed by atoms with van der Waals surface area (Å²) in [5.41, 5.74) is 0.486. The summed E-state index contributed by atoms with van der Waals surface area (Å²) in [6.45, 7) is 3.27. The standard InChI is InChI=1S/C15H17Cl2N5O2.ClH/c1-8-20-14(15(24)19-6-9-5-18-7-12(9)23)21-22(8)13-10(16)3-2-4-11(13)17;/h2-4,9,12,18,23H,5-7H2,1H3,(H,19,24);1H. The molecule has 1 fully saturated rings. The van der Waals surface area contributed by atoms with Crippen molar-refractivity contribution in [1.29, 1.82) is 0 Å². The molecule has 2 atom stereocenters. The molecule has 1 aromatic carbocycles. The number of para-hydroxylation sites is 1. The van der Waals surface area contributed by atoms with Gasteiger partial charge in [-0.3, -0.25) is 4.79 Å². The third-order valence-electron chi connectivity index (χ3n) is 3.95. The molecule has 136 valence electrons. The Balaban J connectivity index is 0.00000225. The predicted molar refractivity (Wildman–Crippen MR) is 98.1 cm³/mol. The van der Waals surface area contributed by atoms with Gasteiger partial charge >= 0.3 is 0 Å². The molecule has 0 bridgehead atoms. The predicted octanol–water partition coefficient (Wildman–Crippen LogP) is 1.61. The van der Waals surface area contributed by atoms with Crippen LogP contribution in [-0.4, -0.2) is 51.5 Å². The number of rotatable bonds is 4. The van der Waals surface area contributed by atoms with Crippen LogP contribution in [0.2, 0.25) is 10.0 Å². The number of β-amino-alcohol motifs (C(OH)–C–C–N with tert-alkyl or cyclic N) is 1. The highest BCUT2D eigenvalue weighted by Gasteiger charge is 2.26. The number of carbonyl (C=O) groups is 1. The summed E-state index contributed by atoms with van der Waals surface area (Å²) in [6.07, 6.45) is -0.459. The molecule has 0 radical (unpaired) electrons. The minimum absolute atomic E-state index is 0. The van der Waals surface area contributed by atoms with Gasteiger partial charge in [-0.15, -0.1) is 17.5 Å². The minimum Gasteiger partial charge on any atom is -0.391 e. The molecule has 10 heteroatoms. The van der Waals surface area contributed by atoms with Crippen molar-refractivity contribution in [2.75, 3.05) is 19.6 Å². The van der Waals surface area contributed by atoms with Crippen LogP contribution in [-0.2, 0) is 0 Å². The van der Waals surface area contributed by atoms with Crippen molar-refractivity contribution < 1.29 is 9.90 Å². The number of benzene rings is 1. The van der Waals surface area contributed by atoms with Crippen molar-refractivity contribution >= 4 is 41.5 Å². The first-order valence-electron chi connectivity index (χ1n) is 7.52. The van der Waals surface area contributed by atoms with Gasteiger partial charge in [0.1, 0.15) is 11.5 Å². The van der Waals surface area contributed by atoms with Crippen molar-refractivity contribution in [3.63, 3.8) is 0 Å². The third-order valence-corrected chi connectivity index (χ3v) is 4.56. The topological polar surface area (TPSA) is 92.1 Å². The second-order valence-corrected chi connectivity index (χ2v) is 6.47. The fraction of sp³-hybridized carbons (Fsp3) is 0.400. The number of aromatic nitrogens is 3. The van der Waals surface area contributed by atoms with Gasteiger partial charge < -0.3 is 15.7 Å². The number of aryl methyl sites for hydroxylation is 1. The fourth-order valence-electron chi connectivity index (χ4n) is 2.62. The molecule has 1 amide bonds. The van der Waals surface area contributed by atoms with Gasteiger partial charge in [-0.1, -0.05) is 29.3 Å². The van der Waals surface area contributed by atoms with Crippen LogP contribution >= 0.6 is 35.6 Å². The van der Waals surface area contributed by atoms with Gasteiger partial charge in [0.25, 0.3) is 5.91 Å². The summed E-state index contributed by atoms with van der Waals surface area (Å²) in [6, 6.07) is 5.12. The number of nitrogens with zero attached hydrogens (tertiary/aromatic N) is 3. The van der Waals surface area contributed by atoms with Gasteiger partial charge in [0.15, 0.2) is 0 Å². The van der Waals surface area contributed by atoms with Crippen molar-refractivity contribution in [3.05, 3.63) is 39.9 Å². The lowest BCUT2D eigenvalue weighted by atomic mass is 10.1. The number of hydrogen-bond donors (Lipinski definition) is 3. The van der Waals surface area contributed by atoms with E-state index >= 15 is 0 Å². The molecule has 1 aromatic heterocycles. The van der Waals surface area contributed by atoms with E-state index in [0.717, 1.165) is 0 Å². The number of aliphatic hydroxyl groups excluding tert-OH is 1. The van der Waals surface area contributed by atoms with Crippen molar-refractivity contribution in [3.8, 4) is 5.69 Å². The Hall–Kier alpha value is -1.38. The van der Waals surface area contributed by atoms with Crippen molar-refractivity contribution in [1.82, 2.24) is 25.4 Å². The first-order valence-corrected chi connectivity index (χ1v) is 8.28. The van der Waals surface area contributed by atoms with E-state index < -0.39 is 12.0 Å². The summed E-state index contributed by atoms with van der Waals surface area (Å²) in [4.78, 5) is 16.4. The molecule has 0 aliphatic carbocycles. The maximum atomic E-state index is 12.3. The molecular formula is C15H18Cl3N5O2. The summed E-state index contributed by atoms with van der Waals surface area (Å²) >= 11 is 12.4. The van der Waals surface area contributed by atoms with Crippen LogP contribution in [0.5, 0.6) is 0 Å². The van der Waals surface area contributed by atoms with Crippen LogP contribution in [0.4, 0.5) is 0 Å². The number of carbonyl (C=O) groups excluding carboxylic acids is 1. The van der Waals surface area contributed by atoms with Gasteiger partial charge in [0.2, 0.25) is 5.82 Å². The fourth-order valence-corrected chi connectivity index (χ4v) is 3.18. The summed E-state index contributed by atoms with van der Waals surface area (Å²) < 4.78 is 1.45. The second-order valence-electron chi connectivity index (χ2n) is 5.66. The largest absolute Gasteiger partial charge is 0.391 e. The van der Waals surface area contributed by atoms with Gasteiger partial charge in [-0.25, -0.2) is 9.67 Å². The smallest absolute Gasteiger partial charge is 0.290 e. The van der Waals surface area contributed by atoms with E-state index in [2.05, 4.69) is 20.7 Å². The van der Waals surface area contributed by atoms with E-state index in [1.54, 1.807) is 25.1 Å². The van der Waals surface area contributed by atoms with E-state index in [-0.39, 0.29) is 24.1 Å². The molecule has 7 nitrogen and oxygen atoms in total. The summed E-state index contributed by atoms with van der Waals surface area (Å²) in [5.74, 6) is 0.107. The van der Waals surface area contributed by atoms with Gasteiger partial charge in [-0.2, -0.15) is 0 Å². The number of nitrogens with one attached hydrogen (secondary N) is 2. The number of amides is 1. The Morgan fingerprint density at radius 2 is 2.08 bits per heavy atom. The lowest BCUT2D eigenvalue weighted by molar-refractivity contribution is 0.0917. The zero-order chi connectivity index (χ0) is 17.3. The van der Waals surface area contributed by atoms with E-state index in [9.17, 15) is 9.90 Å². The van der Waals surface area contributed by atoms with Crippen LogP contribution in [0.1, 0.15) is 16.4 Å². The highest BCUT2D eigenvalue weighted by molar-refractivity contribution is 6.37. The quantitative estimate of drug-likeness (QED) is 0.717. The van der Waals surface area contributed by atoms with Crippen LogP contribution in [0.15, 0.2) is 18.2 Å². The lowest BCUT2D eigenvalue weighted by Crippen LogP contribution is -2.34. The molecule has 2 aromatic rings. The molecule has 3 rings (SSSR count). The average Bonchev–Trinajstić information content (AvgIpc) is 3.11. The Kier molecular flexibility index (Phi) is 6.65. The average molecular weight is 407 g/mol. The highest BCUT2D eigenvalue weighted by Crippen LogP contribution is 2.28. The van der Waals surface area contributed by atoms with E-state index in [0.29, 0.717) is 41.2 Å². The summed E-state index contributed by atoms with van der Waals surface area (Å²) in [5, 5.41) is 20.6. The first kappa shape index (κ1) is 19.9. The van der Waals surface area contributed by atoms with E-state index in [4.69, 9.17) is 23.2 Å². The molecule has 0 spiro atoms. The minimum atomic E-state index is -0.459. The van der Waals surface area contributed by atoms with Crippen LogP contribution in [0.3, 0.4) is 0 Å². The maximum absolute atomic E-state index is 12.3. The summed E-state index contributed by atoms with van der Waals surface area (Å²) in [7, 11) is 0. The van der Waals surface area contributed by atoms with Gasteiger partial charge in [0.05, 0.1) is 16.1 Å².